The number of benzene rings is 1. The van der Waals surface area contributed by atoms with Crippen molar-refractivity contribution in [2.45, 2.75) is 38.5 Å². The van der Waals surface area contributed by atoms with Crippen molar-refractivity contribution in [2.75, 3.05) is 26.3 Å². The minimum Gasteiger partial charge on any atom is -0.465 e. The van der Waals surface area contributed by atoms with Gasteiger partial charge in [0, 0.05) is 18.5 Å². The molecule has 2 fully saturated rings. The van der Waals surface area contributed by atoms with E-state index in [0.717, 1.165) is 47.9 Å². The number of aromatic nitrogens is 2. The molecule has 2 aliphatic rings. The first-order valence-electron chi connectivity index (χ1n) is 8.82. The number of ether oxygens (including phenoxy) is 2. The summed E-state index contributed by atoms with van der Waals surface area (Å²) in [7, 11) is 0. The molecule has 2 atom stereocenters. The molecule has 7 nitrogen and oxygen atoms in total. The summed E-state index contributed by atoms with van der Waals surface area (Å²) in [6, 6.07) is 4.19. The summed E-state index contributed by atoms with van der Waals surface area (Å²) in [5, 5.41) is 14.9. The Labute approximate surface area is 146 Å². The van der Waals surface area contributed by atoms with Crippen LogP contribution in [0, 0.1) is 6.92 Å². The van der Waals surface area contributed by atoms with Gasteiger partial charge in [-0.15, -0.1) is 0 Å². The topological polar surface area (TPSA) is 76.8 Å². The van der Waals surface area contributed by atoms with Crippen molar-refractivity contribution < 1.29 is 19.4 Å². The Hall–Kier alpha value is -2.12. The minimum atomic E-state index is -0.896. The van der Waals surface area contributed by atoms with E-state index in [4.69, 9.17) is 9.47 Å². The van der Waals surface area contributed by atoms with Crippen LogP contribution in [0.4, 0.5) is 4.79 Å². The van der Waals surface area contributed by atoms with Gasteiger partial charge in [0.2, 0.25) is 0 Å². The summed E-state index contributed by atoms with van der Waals surface area (Å²) in [6.07, 6.45) is 3.91. The van der Waals surface area contributed by atoms with Gasteiger partial charge >= 0.3 is 6.09 Å². The van der Waals surface area contributed by atoms with Gasteiger partial charge in [-0.1, -0.05) is 0 Å². The molecule has 2 saturated heterocycles. The summed E-state index contributed by atoms with van der Waals surface area (Å²) in [5.41, 5.74) is 3.13. The van der Waals surface area contributed by atoms with Crippen LogP contribution in [0.3, 0.4) is 0 Å². The number of hydrogen-bond acceptors (Lipinski definition) is 4. The minimum absolute atomic E-state index is 0.0235. The van der Waals surface area contributed by atoms with Gasteiger partial charge in [-0.2, -0.15) is 5.10 Å². The first-order chi connectivity index (χ1) is 12.1. The molecular weight excluding hydrogens is 322 g/mol. The van der Waals surface area contributed by atoms with Crippen molar-refractivity contribution in [3.63, 3.8) is 0 Å². The molecule has 0 aliphatic carbocycles. The second kappa shape index (κ2) is 6.65. The maximum atomic E-state index is 11.3. The predicted octanol–water partition coefficient (Wildman–Crippen LogP) is 3.10. The number of amides is 1. The molecule has 25 heavy (non-hydrogen) atoms. The Morgan fingerprint density at radius 2 is 2.16 bits per heavy atom. The van der Waals surface area contributed by atoms with Gasteiger partial charge in [0.25, 0.3) is 0 Å². The van der Waals surface area contributed by atoms with Gasteiger partial charge in [0.1, 0.15) is 6.10 Å². The summed E-state index contributed by atoms with van der Waals surface area (Å²) in [4.78, 5) is 12.7. The lowest BCUT2D eigenvalue weighted by atomic mass is 10.00. The van der Waals surface area contributed by atoms with E-state index in [-0.39, 0.29) is 12.3 Å². The molecule has 7 heteroatoms. The van der Waals surface area contributed by atoms with E-state index < -0.39 is 6.09 Å². The zero-order valence-corrected chi connectivity index (χ0v) is 14.4. The van der Waals surface area contributed by atoms with E-state index in [1.807, 2.05) is 17.8 Å². The SMILES string of the molecule is Cc1cc2cnn(C3CCCCO3)c2cc1C1CN(C(=O)O)CCO1. The van der Waals surface area contributed by atoms with Crippen molar-refractivity contribution >= 4 is 17.0 Å². The van der Waals surface area contributed by atoms with Gasteiger partial charge in [-0.05, 0) is 49.4 Å². The molecule has 2 aromatic rings. The average molecular weight is 345 g/mol. The average Bonchev–Trinajstić information content (AvgIpc) is 3.04. The summed E-state index contributed by atoms with van der Waals surface area (Å²) < 4.78 is 13.7. The Balaban J connectivity index is 1.69. The number of nitrogens with zero attached hydrogens (tertiary/aromatic N) is 3. The number of aryl methyl sites for hydroxylation is 1. The van der Waals surface area contributed by atoms with Crippen LogP contribution in [0.1, 0.15) is 42.7 Å². The van der Waals surface area contributed by atoms with Crippen LogP contribution in [0.15, 0.2) is 18.3 Å². The van der Waals surface area contributed by atoms with Crippen molar-refractivity contribution in [1.82, 2.24) is 14.7 Å². The number of rotatable bonds is 2. The molecule has 0 bridgehead atoms. The standard InChI is InChI=1S/C18H23N3O4/c1-12-8-13-10-19-21(17-4-2-3-6-25-17)15(13)9-14(12)16-11-20(18(22)23)5-7-24-16/h8-10,16-17H,2-7,11H2,1H3,(H,22,23). The quantitative estimate of drug-likeness (QED) is 0.905. The van der Waals surface area contributed by atoms with Crippen LogP contribution < -0.4 is 0 Å². The number of fused-ring (bicyclic) bond motifs is 1. The van der Waals surface area contributed by atoms with Gasteiger partial charge in [0.05, 0.1) is 24.9 Å². The summed E-state index contributed by atoms with van der Waals surface area (Å²) >= 11 is 0. The first-order valence-corrected chi connectivity index (χ1v) is 8.82. The Kier molecular flexibility index (Phi) is 4.35. The van der Waals surface area contributed by atoms with E-state index in [1.165, 1.54) is 4.90 Å². The van der Waals surface area contributed by atoms with Crippen molar-refractivity contribution in [2.24, 2.45) is 0 Å². The van der Waals surface area contributed by atoms with Crippen LogP contribution in [-0.2, 0) is 9.47 Å². The highest BCUT2D eigenvalue weighted by Gasteiger charge is 2.27. The molecule has 2 aliphatic heterocycles. The molecule has 3 heterocycles. The van der Waals surface area contributed by atoms with Crippen molar-refractivity contribution in [3.05, 3.63) is 29.5 Å². The van der Waals surface area contributed by atoms with Crippen LogP contribution in [0.2, 0.25) is 0 Å². The van der Waals surface area contributed by atoms with E-state index in [0.29, 0.717) is 19.7 Å². The van der Waals surface area contributed by atoms with Crippen molar-refractivity contribution in [3.8, 4) is 0 Å². The number of carbonyl (C=O) groups is 1. The smallest absolute Gasteiger partial charge is 0.407 e. The summed E-state index contributed by atoms with van der Waals surface area (Å²) in [5.74, 6) is 0. The molecule has 2 unspecified atom stereocenters. The second-order valence-corrected chi connectivity index (χ2v) is 6.77. The van der Waals surface area contributed by atoms with E-state index in [2.05, 4.69) is 17.2 Å². The lowest BCUT2D eigenvalue weighted by Gasteiger charge is -2.32. The Morgan fingerprint density at radius 1 is 1.28 bits per heavy atom. The third-order valence-corrected chi connectivity index (χ3v) is 5.10. The zero-order valence-electron chi connectivity index (χ0n) is 14.4. The predicted molar refractivity (Wildman–Crippen MR) is 91.6 cm³/mol. The molecule has 0 saturated carbocycles. The van der Waals surface area contributed by atoms with E-state index in [1.54, 1.807) is 0 Å². The van der Waals surface area contributed by atoms with Gasteiger partial charge in [0.15, 0.2) is 6.23 Å². The Morgan fingerprint density at radius 3 is 2.92 bits per heavy atom. The van der Waals surface area contributed by atoms with Gasteiger partial charge < -0.3 is 19.5 Å². The third-order valence-electron chi connectivity index (χ3n) is 5.10. The van der Waals surface area contributed by atoms with Crippen LogP contribution in [0.25, 0.3) is 10.9 Å². The first kappa shape index (κ1) is 16.4. The number of hydrogen-bond donors (Lipinski definition) is 1. The fourth-order valence-corrected chi connectivity index (χ4v) is 3.73. The Bertz CT molecular complexity index is 782. The monoisotopic (exact) mass is 345 g/mol. The number of morpholine rings is 1. The fraction of sp³-hybridized carbons (Fsp3) is 0.556. The lowest BCUT2D eigenvalue weighted by Crippen LogP contribution is -2.41. The molecule has 0 spiro atoms. The maximum absolute atomic E-state index is 11.3. The normalized spacial score (nSPS) is 24.6. The highest BCUT2D eigenvalue weighted by molar-refractivity contribution is 5.80. The molecular formula is C18H23N3O4. The largest absolute Gasteiger partial charge is 0.465 e. The van der Waals surface area contributed by atoms with E-state index >= 15 is 0 Å². The summed E-state index contributed by atoms with van der Waals surface area (Å²) in [6.45, 7) is 3.99. The van der Waals surface area contributed by atoms with E-state index in [9.17, 15) is 9.90 Å². The van der Waals surface area contributed by atoms with Crippen molar-refractivity contribution in [1.29, 1.82) is 0 Å². The fourth-order valence-electron chi connectivity index (χ4n) is 3.73. The molecule has 0 radical (unpaired) electrons. The lowest BCUT2D eigenvalue weighted by molar-refractivity contribution is -0.0368. The second-order valence-electron chi connectivity index (χ2n) is 6.77. The number of carboxylic acid groups (broad SMARTS) is 1. The van der Waals surface area contributed by atoms with Crippen LogP contribution in [-0.4, -0.2) is 52.2 Å². The molecule has 1 aromatic carbocycles. The highest BCUT2D eigenvalue weighted by Crippen LogP contribution is 2.32. The molecule has 4 rings (SSSR count). The third kappa shape index (κ3) is 3.09. The molecule has 1 aromatic heterocycles. The molecule has 134 valence electrons. The van der Waals surface area contributed by atoms with Crippen LogP contribution in [0.5, 0.6) is 0 Å². The van der Waals surface area contributed by atoms with Gasteiger partial charge in [-0.3, -0.25) is 0 Å². The maximum Gasteiger partial charge on any atom is 0.407 e. The zero-order chi connectivity index (χ0) is 17.4. The molecule has 1 N–H and O–H groups in total. The molecule has 1 amide bonds. The highest BCUT2D eigenvalue weighted by atomic mass is 16.5. The van der Waals surface area contributed by atoms with Crippen LogP contribution >= 0.6 is 0 Å². The van der Waals surface area contributed by atoms with Gasteiger partial charge in [-0.25, -0.2) is 9.48 Å².